The minimum Gasteiger partial charge on any atom is -0.465 e. The predicted molar refractivity (Wildman–Crippen MR) is 97.4 cm³/mol. The molecule has 24 heavy (non-hydrogen) atoms. The van der Waals surface area contributed by atoms with Crippen molar-refractivity contribution in [3.8, 4) is 5.75 Å². The van der Waals surface area contributed by atoms with Crippen LogP contribution in [0.1, 0.15) is 52.9 Å². The van der Waals surface area contributed by atoms with Crippen molar-refractivity contribution in [1.82, 2.24) is 0 Å². The van der Waals surface area contributed by atoms with Crippen molar-refractivity contribution < 1.29 is 19.1 Å². The van der Waals surface area contributed by atoms with Crippen LogP contribution in [-0.4, -0.2) is 24.8 Å². The van der Waals surface area contributed by atoms with E-state index in [9.17, 15) is 9.59 Å². The molecule has 0 aliphatic heterocycles. The average molecular weight is 352 g/mol. The predicted octanol–water partition coefficient (Wildman–Crippen LogP) is 4.85. The van der Waals surface area contributed by atoms with Crippen molar-refractivity contribution in [1.29, 1.82) is 0 Å². The molecule has 0 aromatic heterocycles. The lowest BCUT2D eigenvalue weighted by atomic mass is 9.82. The van der Waals surface area contributed by atoms with Gasteiger partial charge in [-0.2, -0.15) is 0 Å². The third kappa shape index (κ3) is 5.00. The molecule has 0 N–H and O–H groups in total. The number of hydrogen-bond acceptors (Lipinski definition) is 5. The second kappa shape index (κ2) is 10.4. The normalized spacial score (nSPS) is 11.2. The van der Waals surface area contributed by atoms with Gasteiger partial charge >= 0.3 is 11.9 Å². The molecule has 0 amide bonds. The maximum atomic E-state index is 12.8. The lowest BCUT2D eigenvalue weighted by Gasteiger charge is -2.27. The summed E-state index contributed by atoms with van der Waals surface area (Å²) in [4.78, 5) is 26.2. The highest BCUT2D eigenvalue weighted by Crippen LogP contribution is 2.34. The Kier molecular flexibility index (Phi) is 8.90. The highest BCUT2D eigenvalue weighted by Gasteiger charge is 2.46. The van der Waals surface area contributed by atoms with Crippen LogP contribution in [0.3, 0.4) is 0 Å². The Balaban J connectivity index is 2.88. The summed E-state index contributed by atoms with van der Waals surface area (Å²) in [6.07, 6.45) is 5.51. The van der Waals surface area contributed by atoms with Gasteiger partial charge in [-0.1, -0.05) is 45.7 Å². The largest absolute Gasteiger partial charge is 0.465 e. The molecule has 134 valence electrons. The summed E-state index contributed by atoms with van der Waals surface area (Å²) in [6, 6.07) is 7.32. The summed E-state index contributed by atoms with van der Waals surface area (Å²) in [7, 11) is 0. The van der Waals surface area contributed by atoms with E-state index in [1.54, 1.807) is 6.07 Å². The van der Waals surface area contributed by atoms with E-state index in [4.69, 9.17) is 9.47 Å². The highest BCUT2D eigenvalue weighted by atomic mass is 32.2. The number of carbonyl (C=O) groups excluding carboxylic acids is 2. The zero-order valence-corrected chi connectivity index (χ0v) is 15.9. The van der Waals surface area contributed by atoms with Gasteiger partial charge in [-0.25, -0.2) is 0 Å². The first-order chi connectivity index (χ1) is 11.6. The fourth-order valence-electron chi connectivity index (χ4n) is 2.47. The Bertz CT molecular complexity index is 538. The van der Waals surface area contributed by atoms with Crippen LogP contribution in [0, 0.1) is 5.41 Å². The minimum absolute atomic E-state index is 0.350. The van der Waals surface area contributed by atoms with E-state index in [2.05, 4.69) is 6.92 Å². The lowest BCUT2D eigenvalue weighted by Crippen LogP contribution is -2.42. The first-order valence-electron chi connectivity index (χ1n) is 8.58. The second-order valence-electron chi connectivity index (χ2n) is 5.67. The Morgan fingerprint density at radius 2 is 1.71 bits per heavy atom. The molecule has 0 aliphatic carbocycles. The van der Waals surface area contributed by atoms with Gasteiger partial charge in [-0.15, -0.1) is 11.8 Å². The van der Waals surface area contributed by atoms with E-state index in [1.165, 1.54) is 11.8 Å². The van der Waals surface area contributed by atoms with Crippen LogP contribution in [0.5, 0.6) is 5.75 Å². The molecule has 1 aromatic rings. The van der Waals surface area contributed by atoms with Gasteiger partial charge in [-0.3, -0.25) is 9.59 Å². The summed E-state index contributed by atoms with van der Waals surface area (Å²) in [6.45, 7) is 6.07. The Morgan fingerprint density at radius 3 is 2.29 bits per heavy atom. The third-order valence-corrected chi connectivity index (χ3v) is 5.02. The maximum Gasteiger partial charge on any atom is 0.328 e. The zero-order valence-electron chi connectivity index (χ0n) is 15.1. The molecule has 4 nitrogen and oxygen atoms in total. The van der Waals surface area contributed by atoms with Crippen LogP contribution in [-0.2, 0) is 14.3 Å². The lowest BCUT2D eigenvalue weighted by molar-refractivity contribution is -0.168. The van der Waals surface area contributed by atoms with Crippen molar-refractivity contribution in [2.24, 2.45) is 5.41 Å². The van der Waals surface area contributed by atoms with E-state index in [-0.39, 0.29) is 0 Å². The van der Waals surface area contributed by atoms with Crippen molar-refractivity contribution >= 4 is 23.7 Å². The van der Waals surface area contributed by atoms with Crippen LogP contribution >= 0.6 is 11.8 Å². The van der Waals surface area contributed by atoms with Gasteiger partial charge < -0.3 is 9.47 Å². The number of thioether (sulfide) groups is 1. The van der Waals surface area contributed by atoms with Crippen molar-refractivity contribution in [2.45, 2.75) is 57.8 Å². The Morgan fingerprint density at radius 1 is 1.04 bits per heavy atom. The molecular formula is C19H28O4S. The van der Waals surface area contributed by atoms with Gasteiger partial charge in [0.2, 0.25) is 0 Å². The van der Waals surface area contributed by atoms with Gasteiger partial charge in [0.15, 0.2) is 5.41 Å². The zero-order chi connectivity index (χ0) is 18.0. The van der Waals surface area contributed by atoms with Crippen molar-refractivity contribution in [2.75, 3.05) is 12.9 Å². The molecule has 0 bridgehead atoms. The number of ether oxygens (including phenoxy) is 2. The van der Waals surface area contributed by atoms with Crippen molar-refractivity contribution in [3.63, 3.8) is 0 Å². The molecule has 0 aliphatic rings. The summed E-state index contributed by atoms with van der Waals surface area (Å²) in [5, 5.41) is 0. The van der Waals surface area contributed by atoms with E-state index in [0.29, 0.717) is 25.2 Å². The van der Waals surface area contributed by atoms with Crippen LogP contribution in [0.15, 0.2) is 29.2 Å². The summed E-state index contributed by atoms with van der Waals surface area (Å²) in [5.41, 5.74) is -1.24. The molecule has 0 fully saturated rings. The van der Waals surface area contributed by atoms with E-state index in [1.807, 2.05) is 38.3 Å². The quantitative estimate of drug-likeness (QED) is 0.198. The minimum atomic E-state index is -1.24. The first kappa shape index (κ1) is 20.6. The fourth-order valence-corrected chi connectivity index (χ4v) is 2.99. The third-order valence-electron chi connectivity index (χ3n) is 4.24. The number of esters is 2. The molecule has 0 unspecified atom stereocenters. The van der Waals surface area contributed by atoms with Crippen molar-refractivity contribution in [3.05, 3.63) is 24.3 Å². The second-order valence-corrected chi connectivity index (χ2v) is 6.52. The van der Waals surface area contributed by atoms with E-state index < -0.39 is 17.4 Å². The van der Waals surface area contributed by atoms with Gasteiger partial charge in [0.25, 0.3) is 0 Å². The maximum absolute atomic E-state index is 12.8. The van der Waals surface area contributed by atoms with E-state index >= 15 is 0 Å². The highest BCUT2D eigenvalue weighted by molar-refractivity contribution is 7.98. The van der Waals surface area contributed by atoms with Crippen LogP contribution < -0.4 is 4.74 Å². The number of benzene rings is 1. The van der Waals surface area contributed by atoms with Gasteiger partial charge in [0.1, 0.15) is 5.75 Å². The van der Waals surface area contributed by atoms with Gasteiger partial charge in [0, 0.05) is 4.90 Å². The topological polar surface area (TPSA) is 52.6 Å². The molecule has 0 saturated carbocycles. The number of hydrogen-bond donors (Lipinski definition) is 0. The SMILES string of the molecule is CCCCCOC(=O)C(CC)(CC)C(=O)Oc1ccccc1SC. The molecule has 5 heteroatoms. The summed E-state index contributed by atoms with van der Waals surface area (Å²) < 4.78 is 10.9. The van der Waals surface area contributed by atoms with Crippen LogP contribution in [0.2, 0.25) is 0 Å². The Labute approximate surface area is 149 Å². The number of rotatable bonds is 10. The number of para-hydroxylation sites is 1. The standard InChI is InChI=1S/C19H28O4S/c1-5-8-11-14-22-17(20)19(6-2,7-3)18(21)23-15-12-9-10-13-16(15)24-4/h9-10,12-13H,5-8,11,14H2,1-4H3. The van der Waals surface area contributed by atoms with Crippen LogP contribution in [0.4, 0.5) is 0 Å². The molecular weight excluding hydrogens is 324 g/mol. The van der Waals surface area contributed by atoms with Gasteiger partial charge in [0.05, 0.1) is 6.61 Å². The molecule has 0 atom stereocenters. The molecule has 0 heterocycles. The van der Waals surface area contributed by atoms with Gasteiger partial charge in [-0.05, 0) is 37.7 Å². The molecule has 0 spiro atoms. The molecule has 0 saturated heterocycles. The molecule has 0 radical (unpaired) electrons. The first-order valence-corrected chi connectivity index (χ1v) is 9.80. The van der Waals surface area contributed by atoms with E-state index in [0.717, 1.165) is 24.2 Å². The average Bonchev–Trinajstić information content (AvgIpc) is 2.60. The summed E-state index contributed by atoms with van der Waals surface area (Å²) >= 11 is 1.50. The number of unbranched alkanes of at least 4 members (excludes halogenated alkanes) is 2. The number of carbonyl (C=O) groups is 2. The monoisotopic (exact) mass is 352 g/mol. The Hall–Kier alpha value is -1.49. The molecule has 1 rings (SSSR count). The smallest absolute Gasteiger partial charge is 0.328 e. The molecule has 1 aromatic carbocycles. The summed E-state index contributed by atoms with van der Waals surface area (Å²) in [5.74, 6) is -0.523. The fraction of sp³-hybridized carbons (Fsp3) is 0.579. The van der Waals surface area contributed by atoms with Crippen LogP contribution in [0.25, 0.3) is 0 Å².